The van der Waals surface area contributed by atoms with Gasteiger partial charge < -0.3 is 5.32 Å². The van der Waals surface area contributed by atoms with Crippen molar-refractivity contribution in [3.8, 4) is 0 Å². The van der Waals surface area contributed by atoms with Gasteiger partial charge in [0, 0.05) is 12.6 Å². The van der Waals surface area contributed by atoms with Crippen LogP contribution < -0.4 is 5.32 Å². The van der Waals surface area contributed by atoms with Gasteiger partial charge in [0.15, 0.2) is 9.84 Å². The molecular weight excluding hydrogens is 248 g/mol. The van der Waals surface area contributed by atoms with Gasteiger partial charge >= 0.3 is 0 Å². The molecule has 4 nitrogen and oxygen atoms in total. The SMILES string of the molecule is CCCN(CC1CCNCC1)C1CCS(=O)(=O)C1. The third-order valence-corrected chi connectivity index (χ3v) is 5.94. The van der Waals surface area contributed by atoms with Crippen molar-refractivity contribution in [2.45, 2.75) is 38.6 Å². The number of nitrogens with zero attached hydrogens (tertiary/aromatic N) is 1. The van der Waals surface area contributed by atoms with Gasteiger partial charge in [-0.2, -0.15) is 0 Å². The third kappa shape index (κ3) is 3.93. The van der Waals surface area contributed by atoms with E-state index in [1.807, 2.05) is 0 Å². The van der Waals surface area contributed by atoms with Crippen molar-refractivity contribution in [1.82, 2.24) is 10.2 Å². The number of piperidine rings is 1. The van der Waals surface area contributed by atoms with Crippen LogP contribution in [-0.4, -0.2) is 57.0 Å². The van der Waals surface area contributed by atoms with Crippen molar-refractivity contribution in [3.63, 3.8) is 0 Å². The minimum Gasteiger partial charge on any atom is -0.317 e. The lowest BCUT2D eigenvalue weighted by molar-refractivity contribution is 0.163. The van der Waals surface area contributed by atoms with E-state index in [0.29, 0.717) is 11.5 Å². The molecule has 2 saturated heterocycles. The van der Waals surface area contributed by atoms with Crippen LogP contribution in [0.1, 0.15) is 32.6 Å². The van der Waals surface area contributed by atoms with Gasteiger partial charge in [0.2, 0.25) is 0 Å². The summed E-state index contributed by atoms with van der Waals surface area (Å²) in [5.41, 5.74) is 0. The summed E-state index contributed by atoms with van der Waals surface area (Å²) >= 11 is 0. The highest BCUT2D eigenvalue weighted by Gasteiger charge is 2.32. The lowest BCUT2D eigenvalue weighted by atomic mass is 9.96. The highest BCUT2D eigenvalue weighted by molar-refractivity contribution is 7.91. The largest absolute Gasteiger partial charge is 0.317 e. The van der Waals surface area contributed by atoms with Crippen molar-refractivity contribution in [3.05, 3.63) is 0 Å². The number of hydrogen-bond donors (Lipinski definition) is 1. The summed E-state index contributed by atoms with van der Waals surface area (Å²) in [4.78, 5) is 2.44. The summed E-state index contributed by atoms with van der Waals surface area (Å²) in [6, 6.07) is 0.282. The van der Waals surface area contributed by atoms with E-state index >= 15 is 0 Å². The third-order valence-electron chi connectivity index (χ3n) is 4.19. The molecule has 0 radical (unpaired) electrons. The van der Waals surface area contributed by atoms with Gasteiger partial charge in [0.1, 0.15) is 0 Å². The van der Waals surface area contributed by atoms with E-state index in [9.17, 15) is 8.42 Å². The molecule has 106 valence electrons. The first kappa shape index (κ1) is 14.3. The zero-order valence-corrected chi connectivity index (χ0v) is 12.2. The van der Waals surface area contributed by atoms with E-state index in [-0.39, 0.29) is 6.04 Å². The predicted octanol–water partition coefficient (Wildman–Crippen LogP) is 0.885. The average molecular weight is 274 g/mol. The maximum Gasteiger partial charge on any atom is 0.151 e. The highest BCUT2D eigenvalue weighted by atomic mass is 32.2. The Bertz CT molecular complexity index is 350. The zero-order valence-electron chi connectivity index (χ0n) is 11.4. The molecule has 0 spiro atoms. The minimum atomic E-state index is -2.75. The molecule has 5 heteroatoms. The summed E-state index contributed by atoms with van der Waals surface area (Å²) in [5.74, 6) is 1.53. The molecule has 2 heterocycles. The Morgan fingerprint density at radius 1 is 1.22 bits per heavy atom. The first-order valence-corrected chi connectivity index (χ1v) is 9.08. The average Bonchev–Trinajstić information content (AvgIpc) is 2.70. The van der Waals surface area contributed by atoms with Gasteiger partial charge in [0.05, 0.1) is 11.5 Å². The van der Waals surface area contributed by atoms with Crippen LogP contribution in [0, 0.1) is 5.92 Å². The van der Waals surface area contributed by atoms with Gasteiger partial charge in [-0.25, -0.2) is 8.42 Å². The molecule has 1 N–H and O–H groups in total. The molecule has 1 unspecified atom stereocenters. The molecule has 2 aliphatic heterocycles. The lowest BCUT2D eigenvalue weighted by Crippen LogP contribution is -2.42. The summed E-state index contributed by atoms with van der Waals surface area (Å²) in [6.45, 7) is 6.56. The number of rotatable bonds is 5. The fourth-order valence-electron chi connectivity index (χ4n) is 3.17. The van der Waals surface area contributed by atoms with Crippen LogP contribution in [0.4, 0.5) is 0 Å². The molecule has 0 aromatic carbocycles. The zero-order chi connectivity index (χ0) is 13.0. The molecule has 18 heavy (non-hydrogen) atoms. The highest BCUT2D eigenvalue weighted by Crippen LogP contribution is 2.21. The van der Waals surface area contributed by atoms with Crippen molar-refractivity contribution in [1.29, 1.82) is 0 Å². The van der Waals surface area contributed by atoms with Crippen LogP contribution in [0.2, 0.25) is 0 Å². The van der Waals surface area contributed by atoms with Crippen molar-refractivity contribution < 1.29 is 8.42 Å². The number of nitrogens with one attached hydrogen (secondary N) is 1. The van der Waals surface area contributed by atoms with E-state index < -0.39 is 9.84 Å². The van der Waals surface area contributed by atoms with Crippen LogP contribution in [0.3, 0.4) is 0 Å². The van der Waals surface area contributed by atoms with Gasteiger partial charge in [-0.1, -0.05) is 6.92 Å². The molecule has 0 aromatic heterocycles. The second-order valence-corrected chi connectivity index (χ2v) is 7.97. The first-order chi connectivity index (χ1) is 8.61. The number of hydrogen-bond acceptors (Lipinski definition) is 4. The van der Waals surface area contributed by atoms with Crippen LogP contribution in [0.5, 0.6) is 0 Å². The van der Waals surface area contributed by atoms with E-state index in [4.69, 9.17) is 0 Å². The van der Waals surface area contributed by atoms with Gasteiger partial charge in [-0.3, -0.25) is 4.90 Å². The minimum absolute atomic E-state index is 0.282. The molecule has 0 aliphatic carbocycles. The van der Waals surface area contributed by atoms with E-state index in [0.717, 1.165) is 44.9 Å². The topological polar surface area (TPSA) is 49.4 Å². The normalized spacial score (nSPS) is 28.9. The van der Waals surface area contributed by atoms with Crippen LogP contribution in [-0.2, 0) is 9.84 Å². The van der Waals surface area contributed by atoms with E-state index in [2.05, 4.69) is 17.1 Å². The van der Waals surface area contributed by atoms with Gasteiger partial charge in [0.25, 0.3) is 0 Å². The maximum absolute atomic E-state index is 11.6. The molecule has 0 amide bonds. The molecule has 1 atom stereocenters. The van der Waals surface area contributed by atoms with Crippen LogP contribution in [0.15, 0.2) is 0 Å². The van der Waals surface area contributed by atoms with Crippen molar-refractivity contribution in [2.75, 3.05) is 37.7 Å². The summed E-state index contributed by atoms with van der Waals surface area (Å²) < 4.78 is 23.2. The first-order valence-electron chi connectivity index (χ1n) is 7.26. The molecule has 0 bridgehead atoms. The molecular formula is C13H26N2O2S. The number of sulfone groups is 1. The molecule has 0 saturated carbocycles. The second kappa shape index (κ2) is 6.35. The monoisotopic (exact) mass is 274 g/mol. The molecule has 2 aliphatic rings. The molecule has 0 aromatic rings. The van der Waals surface area contributed by atoms with Crippen LogP contribution in [0.25, 0.3) is 0 Å². The summed E-state index contributed by atoms with van der Waals surface area (Å²) in [5, 5.41) is 3.39. The van der Waals surface area contributed by atoms with E-state index in [1.54, 1.807) is 0 Å². The molecule has 2 rings (SSSR count). The molecule has 2 fully saturated rings. The Labute approximate surface area is 111 Å². The Morgan fingerprint density at radius 3 is 2.50 bits per heavy atom. The van der Waals surface area contributed by atoms with Crippen LogP contribution >= 0.6 is 0 Å². The quantitative estimate of drug-likeness (QED) is 0.809. The van der Waals surface area contributed by atoms with Crippen molar-refractivity contribution in [2.24, 2.45) is 5.92 Å². The van der Waals surface area contributed by atoms with Gasteiger partial charge in [-0.15, -0.1) is 0 Å². The Kier molecular flexibility index (Phi) is 5.04. The summed E-state index contributed by atoms with van der Waals surface area (Å²) in [7, 11) is -2.75. The second-order valence-electron chi connectivity index (χ2n) is 5.75. The smallest absolute Gasteiger partial charge is 0.151 e. The Balaban J connectivity index is 1.90. The fourth-order valence-corrected chi connectivity index (χ4v) is 4.93. The lowest BCUT2D eigenvalue weighted by Gasteiger charge is -2.33. The van der Waals surface area contributed by atoms with Gasteiger partial charge in [-0.05, 0) is 51.2 Å². The van der Waals surface area contributed by atoms with E-state index in [1.165, 1.54) is 12.8 Å². The standard InChI is InChI=1S/C13H26N2O2S/c1-2-8-15(10-12-3-6-14-7-4-12)13-5-9-18(16,17)11-13/h12-14H,2-11H2,1H3. The predicted molar refractivity (Wildman–Crippen MR) is 74.5 cm³/mol. The van der Waals surface area contributed by atoms with Crippen molar-refractivity contribution >= 4 is 9.84 Å². The Hall–Kier alpha value is -0.130. The summed E-state index contributed by atoms with van der Waals surface area (Å²) in [6.07, 6.45) is 4.42. The Morgan fingerprint density at radius 2 is 1.94 bits per heavy atom. The maximum atomic E-state index is 11.6. The fraction of sp³-hybridized carbons (Fsp3) is 1.00.